The molecule has 0 aliphatic carbocycles. The third-order valence-corrected chi connectivity index (χ3v) is 5.40. The van der Waals surface area contributed by atoms with E-state index in [1.807, 2.05) is 29.2 Å². The summed E-state index contributed by atoms with van der Waals surface area (Å²) in [6.45, 7) is 3.18. The fourth-order valence-electron chi connectivity index (χ4n) is 3.79. The SMILES string of the molecule is COc1ccccc1CC(=O)N1CCC(NC(=O)C2CCCNC2)CC1. The Kier molecular flexibility index (Phi) is 6.50. The van der Waals surface area contributed by atoms with Gasteiger partial charge in [0, 0.05) is 31.2 Å². The van der Waals surface area contributed by atoms with Crippen LogP contribution in [0.4, 0.5) is 0 Å². The number of likely N-dealkylation sites (tertiary alicyclic amines) is 1. The van der Waals surface area contributed by atoms with Gasteiger partial charge in [-0.15, -0.1) is 0 Å². The second-order valence-corrected chi connectivity index (χ2v) is 7.20. The van der Waals surface area contributed by atoms with Gasteiger partial charge in [-0.1, -0.05) is 18.2 Å². The smallest absolute Gasteiger partial charge is 0.227 e. The van der Waals surface area contributed by atoms with Gasteiger partial charge in [-0.3, -0.25) is 9.59 Å². The number of carbonyl (C=O) groups excluding carboxylic acids is 2. The maximum absolute atomic E-state index is 12.6. The third kappa shape index (κ3) is 4.75. The highest BCUT2D eigenvalue weighted by molar-refractivity contribution is 5.80. The van der Waals surface area contributed by atoms with Gasteiger partial charge in [0.05, 0.1) is 19.4 Å². The van der Waals surface area contributed by atoms with Gasteiger partial charge in [0.1, 0.15) is 5.75 Å². The maximum Gasteiger partial charge on any atom is 0.227 e. The molecule has 2 aliphatic rings. The van der Waals surface area contributed by atoms with Gasteiger partial charge < -0.3 is 20.3 Å². The predicted octanol–water partition coefficient (Wildman–Crippen LogP) is 1.34. The summed E-state index contributed by atoms with van der Waals surface area (Å²) in [7, 11) is 1.62. The number of nitrogens with one attached hydrogen (secondary N) is 2. The van der Waals surface area contributed by atoms with E-state index in [1.165, 1.54) is 0 Å². The van der Waals surface area contributed by atoms with Crippen molar-refractivity contribution in [2.75, 3.05) is 33.3 Å². The Morgan fingerprint density at radius 1 is 1.23 bits per heavy atom. The molecule has 142 valence electrons. The van der Waals surface area contributed by atoms with Gasteiger partial charge in [-0.25, -0.2) is 0 Å². The van der Waals surface area contributed by atoms with Crippen LogP contribution in [0.25, 0.3) is 0 Å². The van der Waals surface area contributed by atoms with E-state index < -0.39 is 0 Å². The molecule has 2 heterocycles. The zero-order valence-electron chi connectivity index (χ0n) is 15.5. The van der Waals surface area contributed by atoms with E-state index in [-0.39, 0.29) is 23.8 Å². The predicted molar refractivity (Wildman–Crippen MR) is 100 cm³/mol. The van der Waals surface area contributed by atoms with Gasteiger partial charge in [0.15, 0.2) is 0 Å². The Bertz CT molecular complexity index is 620. The van der Waals surface area contributed by atoms with Crippen molar-refractivity contribution in [3.63, 3.8) is 0 Å². The summed E-state index contributed by atoms with van der Waals surface area (Å²) >= 11 is 0. The van der Waals surface area contributed by atoms with Crippen LogP contribution in [0.1, 0.15) is 31.2 Å². The van der Waals surface area contributed by atoms with Gasteiger partial charge in [0.25, 0.3) is 0 Å². The van der Waals surface area contributed by atoms with Crippen molar-refractivity contribution in [2.45, 2.75) is 38.1 Å². The van der Waals surface area contributed by atoms with Gasteiger partial charge in [-0.05, 0) is 38.3 Å². The summed E-state index contributed by atoms with van der Waals surface area (Å²) in [5.74, 6) is 1.13. The molecule has 1 atom stereocenters. The molecule has 6 nitrogen and oxygen atoms in total. The molecule has 0 bridgehead atoms. The van der Waals surface area contributed by atoms with Crippen molar-refractivity contribution in [1.82, 2.24) is 15.5 Å². The molecule has 2 aliphatic heterocycles. The van der Waals surface area contributed by atoms with Crippen LogP contribution in [0.15, 0.2) is 24.3 Å². The highest BCUT2D eigenvalue weighted by Gasteiger charge is 2.27. The number of ether oxygens (including phenoxy) is 1. The first-order valence-corrected chi connectivity index (χ1v) is 9.58. The number of nitrogens with zero attached hydrogens (tertiary/aromatic N) is 1. The molecule has 0 spiro atoms. The number of para-hydroxylation sites is 1. The van der Waals surface area contributed by atoms with Crippen LogP contribution in [0.3, 0.4) is 0 Å². The normalized spacial score (nSPS) is 21.3. The van der Waals surface area contributed by atoms with E-state index in [0.29, 0.717) is 19.5 Å². The van der Waals surface area contributed by atoms with Crippen LogP contribution >= 0.6 is 0 Å². The van der Waals surface area contributed by atoms with Gasteiger partial charge in [0.2, 0.25) is 11.8 Å². The topological polar surface area (TPSA) is 70.7 Å². The van der Waals surface area contributed by atoms with Crippen molar-refractivity contribution < 1.29 is 14.3 Å². The number of hydrogen-bond acceptors (Lipinski definition) is 4. The number of methoxy groups -OCH3 is 1. The Morgan fingerprint density at radius 2 is 2.00 bits per heavy atom. The number of hydrogen-bond donors (Lipinski definition) is 2. The minimum Gasteiger partial charge on any atom is -0.496 e. The van der Waals surface area contributed by atoms with E-state index in [1.54, 1.807) is 7.11 Å². The molecule has 1 unspecified atom stereocenters. The van der Waals surface area contributed by atoms with Gasteiger partial charge >= 0.3 is 0 Å². The summed E-state index contributed by atoms with van der Waals surface area (Å²) in [5, 5.41) is 6.46. The number of benzene rings is 1. The first-order chi connectivity index (χ1) is 12.7. The number of rotatable bonds is 5. The van der Waals surface area contributed by atoms with Crippen LogP contribution in [0.2, 0.25) is 0 Å². The van der Waals surface area contributed by atoms with Crippen LogP contribution in [-0.2, 0) is 16.0 Å². The Labute approximate surface area is 155 Å². The number of piperidine rings is 2. The van der Waals surface area contributed by atoms with E-state index in [0.717, 1.165) is 50.1 Å². The van der Waals surface area contributed by atoms with E-state index in [2.05, 4.69) is 10.6 Å². The lowest BCUT2D eigenvalue weighted by Gasteiger charge is -2.33. The molecule has 2 N–H and O–H groups in total. The minimum absolute atomic E-state index is 0.0916. The number of carbonyl (C=O) groups is 2. The molecule has 2 amide bonds. The summed E-state index contributed by atoms with van der Waals surface area (Å²) in [5.41, 5.74) is 0.917. The fraction of sp³-hybridized carbons (Fsp3) is 0.600. The van der Waals surface area contributed by atoms with Crippen LogP contribution < -0.4 is 15.4 Å². The monoisotopic (exact) mass is 359 g/mol. The molecular weight excluding hydrogens is 330 g/mol. The minimum atomic E-state index is 0.0916. The highest BCUT2D eigenvalue weighted by atomic mass is 16.5. The molecule has 1 aromatic rings. The molecule has 2 fully saturated rings. The summed E-state index contributed by atoms with van der Waals surface area (Å²) < 4.78 is 5.33. The molecule has 26 heavy (non-hydrogen) atoms. The molecular formula is C20H29N3O3. The average molecular weight is 359 g/mol. The molecule has 3 rings (SSSR count). The first kappa shape index (κ1) is 18.7. The third-order valence-electron chi connectivity index (χ3n) is 5.40. The largest absolute Gasteiger partial charge is 0.496 e. The van der Waals surface area contributed by atoms with Crippen LogP contribution in [-0.4, -0.2) is 56.0 Å². The summed E-state index contributed by atoms with van der Waals surface area (Å²) in [4.78, 5) is 26.8. The van der Waals surface area contributed by atoms with E-state index in [9.17, 15) is 9.59 Å². The van der Waals surface area contributed by atoms with Crippen LogP contribution in [0, 0.1) is 5.92 Å². The van der Waals surface area contributed by atoms with Crippen molar-refractivity contribution in [2.24, 2.45) is 5.92 Å². The van der Waals surface area contributed by atoms with Crippen molar-refractivity contribution in [1.29, 1.82) is 0 Å². The second-order valence-electron chi connectivity index (χ2n) is 7.20. The standard InChI is InChI=1S/C20H29N3O3/c1-26-18-7-3-2-5-15(18)13-19(24)23-11-8-17(9-12-23)22-20(25)16-6-4-10-21-14-16/h2-3,5,7,16-17,21H,4,6,8-14H2,1H3,(H,22,25). The van der Waals surface area contributed by atoms with Crippen molar-refractivity contribution in [3.05, 3.63) is 29.8 Å². The van der Waals surface area contributed by atoms with Crippen LogP contribution in [0.5, 0.6) is 5.75 Å². The quantitative estimate of drug-likeness (QED) is 0.832. The van der Waals surface area contributed by atoms with Crippen molar-refractivity contribution >= 4 is 11.8 Å². The lowest BCUT2D eigenvalue weighted by molar-refractivity contribution is -0.131. The Morgan fingerprint density at radius 3 is 2.69 bits per heavy atom. The zero-order chi connectivity index (χ0) is 18.4. The molecule has 6 heteroatoms. The zero-order valence-corrected chi connectivity index (χ0v) is 15.5. The summed E-state index contributed by atoms with van der Waals surface area (Å²) in [6.07, 6.45) is 4.03. The highest BCUT2D eigenvalue weighted by Crippen LogP contribution is 2.20. The first-order valence-electron chi connectivity index (χ1n) is 9.58. The molecule has 0 radical (unpaired) electrons. The molecule has 0 aromatic heterocycles. The Hall–Kier alpha value is -2.08. The van der Waals surface area contributed by atoms with E-state index >= 15 is 0 Å². The van der Waals surface area contributed by atoms with Crippen molar-refractivity contribution in [3.8, 4) is 5.75 Å². The Balaban J connectivity index is 1.45. The maximum atomic E-state index is 12.6. The fourth-order valence-corrected chi connectivity index (χ4v) is 3.79. The lowest BCUT2D eigenvalue weighted by Crippen LogP contribution is -2.49. The van der Waals surface area contributed by atoms with E-state index in [4.69, 9.17) is 4.74 Å². The average Bonchev–Trinajstić information content (AvgIpc) is 2.69. The lowest BCUT2D eigenvalue weighted by atomic mass is 9.97. The molecule has 1 aromatic carbocycles. The second kappa shape index (κ2) is 9.03. The number of amides is 2. The van der Waals surface area contributed by atoms with Gasteiger partial charge in [-0.2, -0.15) is 0 Å². The summed E-state index contributed by atoms with van der Waals surface area (Å²) in [6, 6.07) is 7.82. The molecule has 2 saturated heterocycles. The molecule has 0 saturated carbocycles.